The fraction of sp³-hybridized carbons (Fsp3) is 0.444. The molecule has 0 saturated carbocycles. The summed E-state index contributed by atoms with van der Waals surface area (Å²) in [7, 11) is 0.702. The molecule has 1 aliphatic heterocycles. The molecule has 4 rings (SSSR count). The topological polar surface area (TPSA) is 86.6 Å². The molecule has 1 atom stereocenters. The van der Waals surface area contributed by atoms with Crippen molar-refractivity contribution in [2.75, 3.05) is 27.3 Å². The lowest BCUT2D eigenvalue weighted by molar-refractivity contribution is 0.356. The second-order valence-electron chi connectivity index (χ2n) is 6.79. The van der Waals surface area contributed by atoms with Gasteiger partial charge in [-0.05, 0) is 25.3 Å². The highest BCUT2D eigenvalue weighted by molar-refractivity contribution is 7.69. The molecule has 1 saturated heterocycles. The van der Waals surface area contributed by atoms with E-state index in [0.717, 1.165) is 40.7 Å². The zero-order chi connectivity index (χ0) is 19.1. The number of benzene rings is 1. The quantitative estimate of drug-likeness (QED) is 0.668. The highest BCUT2D eigenvalue weighted by atomic mass is 32.2. The third-order valence-corrected chi connectivity index (χ3v) is 6.03. The van der Waals surface area contributed by atoms with Crippen LogP contribution in [0.5, 0.6) is 11.5 Å². The molecule has 0 radical (unpaired) electrons. The van der Waals surface area contributed by atoms with Gasteiger partial charge in [0, 0.05) is 31.1 Å². The van der Waals surface area contributed by atoms with E-state index in [1.165, 1.54) is 4.31 Å². The Morgan fingerprint density at radius 3 is 2.59 bits per heavy atom. The van der Waals surface area contributed by atoms with Crippen molar-refractivity contribution in [3.8, 4) is 11.5 Å². The molecule has 3 heterocycles. The molecular formula is C18H22N4O4S. The lowest BCUT2D eigenvalue weighted by Gasteiger charge is -2.15. The van der Waals surface area contributed by atoms with Crippen LogP contribution in [0.15, 0.2) is 18.3 Å². The molecule has 0 bridgehead atoms. The number of ether oxygens (including phenoxy) is 2. The van der Waals surface area contributed by atoms with Gasteiger partial charge < -0.3 is 14.0 Å². The van der Waals surface area contributed by atoms with E-state index in [-0.39, 0.29) is 5.92 Å². The van der Waals surface area contributed by atoms with Crippen LogP contribution in [0, 0.1) is 12.8 Å². The summed E-state index contributed by atoms with van der Waals surface area (Å²) >= 11 is 0. The van der Waals surface area contributed by atoms with Gasteiger partial charge in [-0.3, -0.25) is 4.98 Å². The third-order valence-electron chi connectivity index (χ3n) is 5.20. The number of nitrogens with zero attached hydrogens (tertiary/aromatic N) is 4. The minimum atomic E-state index is -2.51. The first-order valence-corrected chi connectivity index (χ1v) is 9.91. The molecule has 1 aliphatic rings. The molecule has 3 aromatic rings. The summed E-state index contributed by atoms with van der Waals surface area (Å²) < 4.78 is 37.0. The van der Waals surface area contributed by atoms with Crippen LogP contribution in [0.3, 0.4) is 0 Å². The van der Waals surface area contributed by atoms with Gasteiger partial charge in [0.25, 0.3) is 0 Å². The van der Waals surface area contributed by atoms with Crippen LogP contribution in [0.4, 0.5) is 0 Å². The zero-order valence-corrected chi connectivity index (χ0v) is 16.4. The highest BCUT2D eigenvalue weighted by Crippen LogP contribution is 2.35. The summed E-state index contributed by atoms with van der Waals surface area (Å²) in [5.41, 5.74) is 2.61. The molecular weight excluding hydrogens is 368 g/mol. The van der Waals surface area contributed by atoms with E-state index < -0.39 is 10.9 Å². The number of imidazole rings is 1. The second kappa shape index (κ2) is 6.97. The molecule has 0 amide bonds. The van der Waals surface area contributed by atoms with Crippen LogP contribution in [-0.2, 0) is 17.4 Å². The van der Waals surface area contributed by atoms with E-state index in [9.17, 15) is 8.42 Å². The van der Waals surface area contributed by atoms with E-state index in [1.807, 2.05) is 19.1 Å². The van der Waals surface area contributed by atoms with Crippen molar-refractivity contribution in [2.24, 2.45) is 5.92 Å². The largest absolute Gasteiger partial charge is 0.493 e. The number of methoxy groups -OCH3 is 2. The maximum absolute atomic E-state index is 11.2. The molecule has 1 aromatic carbocycles. The van der Waals surface area contributed by atoms with E-state index in [0.29, 0.717) is 24.6 Å². The lowest BCUT2D eigenvalue weighted by Crippen LogP contribution is -2.20. The van der Waals surface area contributed by atoms with Crippen LogP contribution >= 0.6 is 0 Å². The predicted molar refractivity (Wildman–Crippen MR) is 103 cm³/mol. The Kier molecular flexibility index (Phi) is 4.65. The van der Waals surface area contributed by atoms with Crippen LogP contribution in [-0.4, -0.2) is 54.6 Å². The molecule has 2 aromatic heterocycles. The molecule has 8 nitrogen and oxygen atoms in total. The maximum Gasteiger partial charge on any atom is 0.203 e. The molecule has 144 valence electrons. The van der Waals surface area contributed by atoms with Crippen molar-refractivity contribution >= 4 is 32.8 Å². The summed E-state index contributed by atoms with van der Waals surface area (Å²) in [6, 6.07) is 3.79. The van der Waals surface area contributed by atoms with Crippen LogP contribution in [0.25, 0.3) is 21.9 Å². The molecule has 0 N–H and O–H groups in total. The maximum atomic E-state index is 11.2. The Bertz CT molecular complexity index is 1080. The average molecular weight is 390 g/mol. The number of thiol groups is 1. The minimum absolute atomic E-state index is 0.261. The predicted octanol–water partition coefficient (Wildman–Crippen LogP) is 1.76. The van der Waals surface area contributed by atoms with E-state index in [2.05, 4.69) is 14.5 Å². The Balaban J connectivity index is 1.83. The number of fused-ring (bicyclic) bond motifs is 3. The molecule has 27 heavy (non-hydrogen) atoms. The van der Waals surface area contributed by atoms with E-state index in [4.69, 9.17) is 9.47 Å². The number of hydrogen-bond acceptors (Lipinski definition) is 6. The van der Waals surface area contributed by atoms with Gasteiger partial charge in [-0.1, -0.05) is 0 Å². The second-order valence-corrected chi connectivity index (χ2v) is 7.83. The first kappa shape index (κ1) is 18.0. The first-order chi connectivity index (χ1) is 13.0. The van der Waals surface area contributed by atoms with Crippen molar-refractivity contribution in [3.63, 3.8) is 0 Å². The monoisotopic (exact) mass is 390 g/mol. The SMILES string of the molecule is COc1cc2ncc3nc(C)n(CC4CCN([SH](=O)=O)C4)c3c2cc1OC. The Labute approximate surface area is 158 Å². The smallest absolute Gasteiger partial charge is 0.203 e. The number of rotatable bonds is 5. The Morgan fingerprint density at radius 1 is 1.19 bits per heavy atom. The summed E-state index contributed by atoms with van der Waals surface area (Å²) in [5, 5.41) is 0.940. The first-order valence-electron chi connectivity index (χ1n) is 8.78. The van der Waals surface area contributed by atoms with Gasteiger partial charge in [-0.15, -0.1) is 0 Å². The van der Waals surface area contributed by atoms with Gasteiger partial charge in [0.1, 0.15) is 11.3 Å². The van der Waals surface area contributed by atoms with Gasteiger partial charge in [0.15, 0.2) is 11.5 Å². The van der Waals surface area contributed by atoms with Crippen LogP contribution in [0.1, 0.15) is 12.2 Å². The summed E-state index contributed by atoms with van der Waals surface area (Å²) in [6.07, 6.45) is 2.62. The molecule has 1 fully saturated rings. The summed E-state index contributed by atoms with van der Waals surface area (Å²) in [6.45, 7) is 3.82. The number of hydrogen-bond donors (Lipinski definition) is 1. The van der Waals surface area contributed by atoms with Gasteiger partial charge in [-0.2, -0.15) is 0 Å². The Hall–Kier alpha value is -2.39. The van der Waals surface area contributed by atoms with Crippen molar-refractivity contribution in [2.45, 2.75) is 19.9 Å². The third kappa shape index (κ3) is 3.10. The molecule has 1 unspecified atom stereocenters. The minimum Gasteiger partial charge on any atom is -0.493 e. The van der Waals surface area contributed by atoms with Crippen molar-refractivity contribution < 1.29 is 17.9 Å². The lowest BCUT2D eigenvalue weighted by atomic mass is 10.1. The van der Waals surface area contributed by atoms with Crippen molar-refractivity contribution in [1.82, 2.24) is 18.8 Å². The van der Waals surface area contributed by atoms with Gasteiger partial charge in [-0.25, -0.2) is 17.7 Å². The standard InChI is InChI=1S/C18H22N4O4S/c1-11-20-15-8-19-14-7-17(26-3)16(25-2)6-13(14)18(15)22(11)10-12-4-5-21(9-12)27(23)24/h6-8,12,27H,4-5,9-10H2,1-3H3. The molecule has 0 spiro atoms. The number of aryl methyl sites for hydroxylation is 1. The van der Waals surface area contributed by atoms with Gasteiger partial charge >= 0.3 is 0 Å². The molecule has 0 aliphatic carbocycles. The average Bonchev–Trinajstić information content (AvgIpc) is 3.26. The summed E-state index contributed by atoms with van der Waals surface area (Å²) in [5.74, 6) is 2.42. The van der Waals surface area contributed by atoms with Crippen LogP contribution < -0.4 is 9.47 Å². The fourth-order valence-corrected chi connectivity index (χ4v) is 4.49. The van der Waals surface area contributed by atoms with Gasteiger partial charge in [0.05, 0.1) is 31.4 Å². The zero-order valence-electron chi connectivity index (χ0n) is 15.5. The normalized spacial score (nSPS) is 18.0. The van der Waals surface area contributed by atoms with E-state index in [1.54, 1.807) is 20.4 Å². The van der Waals surface area contributed by atoms with Gasteiger partial charge in [0.2, 0.25) is 10.9 Å². The van der Waals surface area contributed by atoms with E-state index >= 15 is 0 Å². The highest BCUT2D eigenvalue weighted by Gasteiger charge is 2.26. The van der Waals surface area contributed by atoms with Crippen LogP contribution in [0.2, 0.25) is 0 Å². The molecule has 9 heteroatoms. The van der Waals surface area contributed by atoms with Crippen molar-refractivity contribution in [1.29, 1.82) is 0 Å². The number of aromatic nitrogens is 3. The van der Waals surface area contributed by atoms with Crippen molar-refractivity contribution in [3.05, 3.63) is 24.2 Å². The summed E-state index contributed by atoms with van der Waals surface area (Å²) in [4.78, 5) is 9.17. The Morgan fingerprint density at radius 2 is 1.93 bits per heavy atom. The fourth-order valence-electron chi connectivity index (χ4n) is 3.85. The number of pyridine rings is 1.